The van der Waals surface area contributed by atoms with Gasteiger partial charge in [0.2, 0.25) is 5.91 Å². The summed E-state index contributed by atoms with van der Waals surface area (Å²) < 4.78 is 0. The number of carboxylic acid groups (broad SMARTS) is 1. The van der Waals surface area contributed by atoms with Gasteiger partial charge in [-0.3, -0.25) is 20.2 Å². The summed E-state index contributed by atoms with van der Waals surface area (Å²) in [6.07, 6.45) is 2.58. The Morgan fingerprint density at radius 2 is 2.06 bits per heavy atom. The molecule has 0 spiro atoms. The van der Waals surface area contributed by atoms with E-state index in [0.717, 1.165) is 0 Å². The first-order valence-corrected chi connectivity index (χ1v) is 5.66. The van der Waals surface area contributed by atoms with E-state index >= 15 is 0 Å². The Hall–Kier alpha value is -1.89. The van der Waals surface area contributed by atoms with Crippen LogP contribution >= 0.6 is 0 Å². The zero-order chi connectivity index (χ0) is 14.0. The number of amides is 3. The predicted octanol–water partition coefficient (Wildman–Crippen LogP) is -0.159. The van der Waals surface area contributed by atoms with Crippen molar-refractivity contribution in [3.05, 3.63) is 12.7 Å². The second kappa shape index (κ2) is 9.17. The molecule has 0 aromatic heterocycles. The minimum absolute atomic E-state index is 0.224. The molecular weight excluding hydrogens is 238 g/mol. The standard InChI is InChI=1S/C11H19N3O4/c1-3-5-8(10(16)17)13-7-9(15)14-11(18)12-6-4-2/h4,8,13H,2-3,5-7H2,1H3,(H,16,17)(H2,12,14,15,18). The van der Waals surface area contributed by atoms with Crippen LogP contribution in [-0.2, 0) is 9.59 Å². The van der Waals surface area contributed by atoms with Crippen molar-refractivity contribution >= 4 is 17.9 Å². The molecule has 7 nitrogen and oxygen atoms in total. The van der Waals surface area contributed by atoms with E-state index in [1.165, 1.54) is 6.08 Å². The fourth-order valence-electron chi connectivity index (χ4n) is 1.20. The van der Waals surface area contributed by atoms with Crippen LogP contribution in [-0.4, -0.2) is 42.1 Å². The summed E-state index contributed by atoms with van der Waals surface area (Å²) in [5.41, 5.74) is 0. The van der Waals surface area contributed by atoms with Crippen molar-refractivity contribution in [3.8, 4) is 0 Å². The molecule has 0 saturated carbocycles. The number of hydrogen-bond donors (Lipinski definition) is 4. The molecule has 0 aliphatic rings. The molecule has 0 radical (unpaired) electrons. The van der Waals surface area contributed by atoms with Gasteiger partial charge in [0.15, 0.2) is 0 Å². The van der Waals surface area contributed by atoms with Gasteiger partial charge in [0, 0.05) is 6.54 Å². The maximum absolute atomic E-state index is 11.3. The van der Waals surface area contributed by atoms with E-state index in [-0.39, 0.29) is 13.1 Å². The summed E-state index contributed by atoms with van der Waals surface area (Å²) in [5.74, 6) is -1.60. The van der Waals surface area contributed by atoms with Crippen molar-refractivity contribution < 1.29 is 19.5 Å². The van der Waals surface area contributed by atoms with Gasteiger partial charge in [0.05, 0.1) is 6.54 Å². The van der Waals surface area contributed by atoms with Crippen LogP contribution in [0.5, 0.6) is 0 Å². The molecule has 0 fully saturated rings. The first-order chi connectivity index (χ1) is 8.51. The number of hydrogen-bond acceptors (Lipinski definition) is 4. The lowest BCUT2D eigenvalue weighted by Crippen LogP contribution is -2.47. The van der Waals surface area contributed by atoms with E-state index in [2.05, 4.69) is 22.5 Å². The van der Waals surface area contributed by atoms with E-state index in [4.69, 9.17) is 5.11 Å². The van der Waals surface area contributed by atoms with Crippen LogP contribution in [0, 0.1) is 0 Å². The number of urea groups is 1. The quantitative estimate of drug-likeness (QED) is 0.452. The number of aliphatic carboxylic acids is 1. The summed E-state index contributed by atoms with van der Waals surface area (Å²) in [5, 5.41) is 15.8. The van der Waals surface area contributed by atoms with Crippen molar-refractivity contribution in [1.29, 1.82) is 0 Å². The zero-order valence-electron chi connectivity index (χ0n) is 10.4. The Morgan fingerprint density at radius 3 is 2.56 bits per heavy atom. The lowest BCUT2D eigenvalue weighted by atomic mass is 10.2. The molecule has 0 aromatic rings. The SMILES string of the molecule is C=CCNC(=O)NC(=O)CNC(CCC)C(=O)O. The molecule has 0 heterocycles. The van der Waals surface area contributed by atoms with Gasteiger partial charge in [-0.1, -0.05) is 19.4 Å². The van der Waals surface area contributed by atoms with E-state index in [1.807, 2.05) is 6.92 Å². The molecule has 1 atom stereocenters. The molecule has 0 aliphatic heterocycles. The van der Waals surface area contributed by atoms with Crippen molar-refractivity contribution in [2.24, 2.45) is 0 Å². The highest BCUT2D eigenvalue weighted by atomic mass is 16.4. The average Bonchev–Trinajstić information content (AvgIpc) is 2.31. The highest BCUT2D eigenvalue weighted by Crippen LogP contribution is 1.95. The first kappa shape index (κ1) is 16.1. The van der Waals surface area contributed by atoms with Gasteiger partial charge >= 0.3 is 12.0 Å². The molecule has 3 amide bonds. The lowest BCUT2D eigenvalue weighted by Gasteiger charge is -2.12. The van der Waals surface area contributed by atoms with Crippen molar-refractivity contribution in [2.45, 2.75) is 25.8 Å². The highest BCUT2D eigenvalue weighted by Gasteiger charge is 2.17. The number of carbonyl (C=O) groups excluding carboxylic acids is 2. The van der Waals surface area contributed by atoms with Gasteiger partial charge in [-0.05, 0) is 6.42 Å². The first-order valence-electron chi connectivity index (χ1n) is 5.66. The molecule has 102 valence electrons. The second-order valence-electron chi connectivity index (χ2n) is 3.61. The summed E-state index contributed by atoms with van der Waals surface area (Å²) in [6.45, 7) is 5.28. The Kier molecular flexibility index (Phi) is 8.21. The Labute approximate surface area is 106 Å². The number of imide groups is 1. The number of nitrogens with one attached hydrogen (secondary N) is 3. The van der Waals surface area contributed by atoms with Gasteiger partial charge in [-0.15, -0.1) is 6.58 Å². The van der Waals surface area contributed by atoms with Gasteiger partial charge in [0.1, 0.15) is 6.04 Å². The fourth-order valence-corrected chi connectivity index (χ4v) is 1.20. The normalized spacial score (nSPS) is 11.4. The molecule has 1 unspecified atom stereocenters. The molecule has 4 N–H and O–H groups in total. The Balaban J connectivity index is 3.96. The third-order valence-corrected chi connectivity index (χ3v) is 2.04. The zero-order valence-corrected chi connectivity index (χ0v) is 10.4. The number of carbonyl (C=O) groups is 3. The summed E-state index contributed by atoms with van der Waals surface area (Å²) in [7, 11) is 0. The van der Waals surface area contributed by atoms with Crippen LogP contribution in [0.25, 0.3) is 0 Å². The molecule has 0 bridgehead atoms. The molecule has 18 heavy (non-hydrogen) atoms. The van der Waals surface area contributed by atoms with Crippen LogP contribution < -0.4 is 16.0 Å². The van der Waals surface area contributed by atoms with Crippen LogP contribution in [0.4, 0.5) is 4.79 Å². The third-order valence-electron chi connectivity index (χ3n) is 2.04. The number of rotatable bonds is 8. The average molecular weight is 257 g/mol. The van der Waals surface area contributed by atoms with Crippen LogP contribution in [0.3, 0.4) is 0 Å². The summed E-state index contributed by atoms with van der Waals surface area (Å²) in [6, 6.07) is -1.42. The van der Waals surface area contributed by atoms with Crippen LogP contribution in [0.1, 0.15) is 19.8 Å². The minimum Gasteiger partial charge on any atom is -0.480 e. The molecule has 7 heteroatoms. The Morgan fingerprint density at radius 1 is 1.39 bits per heavy atom. The van der Waals surface area contributed by atoms with Gasteiger partial charge in [-0.2, -0.15) is 0 Å². The summed E-state index contributed by atoms with van der Waals surface area (Å²) >= 11 is 0. The maximum Gasteiger partial charge on any atom is 0.321 e. The Bertz CT molecular complexity index is 317. The molecule has 0 rings (SSSR count). The number of carboxylic acids is 1. The summed E-state index contributed by atoms with van der Waals surface area (Å²) in [4.78, 5) is 33.2. The fraction of sp³-hybridized carbons (Fsp3) is 0.545. The van der Waals surface area contributed by atoms with Gasteiger partial charge in [0.25, 0.3) is 0 Å². The maximum atomic E-state index is 11.3. The van der Waals surface area contributed by atoms with E-state index in [1.54, 1.807) is 0 Å². The van der Waals surface area contributed by atoms with Crippen molar-refractivity contribution in [1.82, 2.24) is 16.0 Å². The van der Waals surface area contributed by atoms with E-state index < -0.39 is 23.9 Å². The van der Waals surface area contributed by atoms with Crippen LogP contribution in [0.15, 0.2) is 12.7 Å². The van der Waals surface area contributed by atoms with E-state index in [0.29, 0.717) is 12.8 Å². The predicted molar refractivity (Wildman–Crippen MR) is 66.1 cm³/mol. The molecular formula is C11H19N3O4. The largest absolute Gasteiger partial charge is 0.480 e. The second-order valence-corrected chi connectivity index (χ2v) is 3.61. The van der Waals surface area contributed by atoms with Crippen molar-refractivity contribution in [3.63, 3.8) is 0 Å². The van der Waals surface area contributed by atoms with Crippen LogP contribution in [0.2, 0.25) is 0 Å². The highest BCUT2D eigenvalue weighted by molar-refractivity contribution is 5.95. The third kappa shape index (κ3) is 7.39. The van der Waals surface area contributed by atoms with E-state index in [9.17, 15) is 14.4 Å². The molecule has 0 saturated heterocycles. The molecule has 0 aromatic carbocycles. The smallest absolute Gasteiger partial charge is 0.321 e. The lowest BCUT2D eigenvalue weighted by molar-refractivity contribution is -0.139. The minimum atomic E-state index is -1.01. The topological polar surface area (TPSA) is 108 Å². The monoisotopic (exact) mass is 257 g/mol. The van der Waals surface area contributed by atoms with Gasteiger partial charge < -0.3 is 10.4 Å². The molecule has 0 aliphatic carbocycles. The van der Waals surface area contributed by atoms with Gasteiger partial charge in [-0.25, -0.2) is 4.79 Å². The van der Waals surface area contributed by atoms with Crippen molar-refractivity contribution in [2.75, 3.05) is 13.1 Å².